The van der Waals surface area contributed by atoms with Crippen molar-refractivity contribution in [3.8, 4) is 22.3 Å². The van der Waals surface area contributed by atoms with Crippen molar-refractivity contribution >= 4 is 35.9 Å². The number of benzene rings is 3. The zero-order valence-electron chi connectivity index (χ0n) is 11.6. The molecular weight excluding hydrogens is 278 g/mol. The third-order valence-electron chi connectivity index (χ3n) is 4.26. The Kier molecular flexibility index (Phi) is 2.89. The minimum absolute atomic E-state index is 0.117. The Labute approximate surface area is 127 Å². The first-order chi connectivity index (χ1) is 10.6. The normalized spacial score (nSPS) is 11.6. The largest absolute Gasteiger partial charge is 0.488 e. The van der Waals surface area contributed by atoms with Crippen LogP contribution >= 0.6 is 0 Å². The summed E-state index contributed by atoms with van der Waals surface area (Å²) >= 11 is 0. The lowest BCUT2D eigenvalue weighted by Gasteiger charge is -2.15. The van der Waals surface area contributed by atoms with Crippen LogP contribution in [0.15, 0.2) is 48.5 Å². The maximum absolute atomic E-state index is 9.81. The second-order valence-electron chi connectivity index (χ2n) is 5.45. The van der Waals surface area contributed by atoms with Gasteiger partial charge in [0.1, 0.15) is 0 Å². The summed E-state index contributed by atoms with van der Waals surface area (Å²) in [6.07, 6.45) is 0. The molecule has 0 aromatic heterocycles. The minimum atomic E-state index is -1.78. The van der Waals surface area contributed by atoms with E-state index in [0.717, 1.165) is 27.5 Å². The lowest BCUT2D eigenvalue weighted by Crippen LogP contribution is -2.50. The average molecular weight is 290 g/mol. The van der Waals surface area contributed by atoms with Crippen LogP contribution in [0.5, 0.6) is 0 Å². The van der Waals surface area contributed by atoms with E-state index in [-0.39, 0.29) is 10.9 Å². The summed E-state index contributed by atoms with van der Waals surface area (Å²) in [5.41, 5.74) is 3.84. The van der Waals surface area contributed by atoms with E-state index in [1.165, 1.54) is 0 Å². The molecule has 0 radical (unpaired) electrons. The molecule has 3 aromatic rings. The molecule has 0 saturated heterocycles. The highest BCUT2D eigenvalue weighted by Crippen LogP contribution is 2.45. The van der Waals surface area contributed by atoms with Gasteiger partial charge in [0.2, 0.25) is 0 Å². The third-order valence-corrected chi connectivity index (χ3v) is 4.26. The van der Waals surface area contributed by atoms with Gasteiger partial charge in [0, 0.05) is 0 Å². The molecule has 4 rings (SSSR count). The fraction of sp³-hybridized carbons (Fsp3) is 0. The van der Waals surface area contributed by atoms with Gasteiger partial charge in [-0.15, -0.1) is 0 Å². The summed E-state index contributed by atoms with van der Waals surface area (Å²) in [7, 11) is -3.55. The van der Waals surface area contributed by atoms with Crippen LogP contribution < -0.4 is 10.9 Å². The van der Waals surface area contributed by atoms with Crippen LogP contribution in [0.3, 0.4) is 0 Å². The Morgan fingerprint density at radius 1 is 0.682 bits per heavy atom. The third kappa shape index (κ3) is 1.69. The van der Waals surface area contributed by atoms with Crippen LogP contribution in [-0.2, 0) is 0 Å². The van der Waals surface area contributed by atoms with Gasteiger partial charge in [0.15, 0.2) is 0 Å². The summed E-state index contributed by atoms with van der Waals surface area (Å²) in [5, 5.41) is 40.6. The van der Waals surface area contributed by atoms with Gasteiger partial charge in [-0.1, -0.05) is 48.5 Å². The van der Waals surface area contributed by atoms with E-state index in [1.807, 2.05) is 42.5 Å². The van der Waals surface area contributed by atoms with E-state index < -0.39 is 14.2 Å². The quantitative estimate of drug-likeness (QED) is 0.387. The molecule has 4 N–H and O–H groups in total. The molecule has 1 aliphatic rings. The van der Waals surface area contributed by atoms with Crippen LogP contribution in [0.25, 0.3) is 33.0 Å². The topological polar surface area (TPSA) is 80.9 Å². The molecule has 0 bridgehead atoms. The van der Waals surface area contributed by atoms with Crippen molar-refractivity contribution in [3.63, 3.8) is 0 Å². The highest BCUT2D eigenvalue weighted by atomic mass is 16.4. The predicted octanol–water partition coefficient (Wildman–Crippen LogP) is -0.153. The van der Waals surface area contributed by atoms with Crippen LogP contribution in [0, 0.1) is 0 Å². The highest BCUT2D eigenvalue weighted by molar-refractivity contribution is 6.73. The molecule has 0 fully saturated rings. The fourth-order valence-corrected chi connectivity index (χ4v) is 3.43. The van der Waals surface area contributed by atoms with Gasteiger partial charge in [0.05, 0.1) is 0 Å². The Morgan fingerprint density at radius 2 is 1.36 bits per heavy atom. The van der Waals surface area contributed by atoms with Crippen molar-refractivity contribution < 1.29 is 20.1 Å². The number of rotatable bonds is 2. The van der Waals surface area contributed by atoms with E-state index in [9.17, 15) is 20.1 Å². The molecule has 1 aliphatic carbocycles. The van der Waals surface area contributed by atoms with Crippen LogP contribution in [-0.4, -0.2) is 34.3 Å². The minimum Gasteiger partial charge on any atom is -0.423 e. The summed E-state index contributed by atoms with van der Waals surface area (Å²) in [5.74, 6) is 0. The molecular formula is C16H12B2O4. The Bertz CT molecular complexity index is 906. The van der Waals surface area contributed by atoms with E-state index in [1.54, 1.807) is 6.07 Å². The molecule has 0 saturated carbocycles. The second-order valence-corrected chi connectivity index (χ2v) is 5.45. The summed E-state index contributed by atoms with van der Waals surface area (Å²) < 4.78 is 0. The van der Waals surface area contributed by atoms with Crippen molar-refractivity contribution in [2.24, 2.45) is 0 Å². The molecule has 0 aliphatic heterocycles. The molecule has 0 unspecified atom stereocenters. The van der Waals surface area contributed by atoms with Gasteiger partial charge in [-0.05, 0) is 44.0 Å². The first-order valence-corrected chi connectivity index (χ1v) is 7.01. The summed E-state index contributed by atoms with van der Waals surface area (Å²) in [4.78, 5) is 0. The second kappa shape index (κ2) is 4.69. The Morgan fingerprint density at radius 3 is 2.05 bits per heavy atom. The molecule has 0 atom stereocenters. The van der Waals surface area contributed by atoms with Crippen molar-refractivity contribution in [1.82, 2.24) is 0 Å². The van der Waals surface area contributed by atoms with Crippen molar-refractivity contribution in [2.75, 3.05) is 0 Å². The number of hydrogen-bond acceptors (Lipinski definition) is 4. The molecule has 6 heteroatoms. The van der Waals surface area contributed by atoms with E-state index in [2.05, 4.69) is 0 Å². The zero-order valence-corrected chi connectivity index (χ0v) is 11.6. The predicted molar refractivity (Wildman–Crippen MR) is 88.0 cm³/mol. The van der Waals surface area contributed by atoms with E-state index >= 15 is 0 Å². The van der Waals surface area contributed by atoms with Crippen molar-refractivity contribution in [1.29, 1.82) is 0 Å². The standard InChI is InChI=1S/C16H12B2O4/c19-17(20)13-8-9-4-3-7-11-10-5-1-2-6-12(10)15(14(9)11)16(13)18(21)22/h1-8,19-22H. The van der Waals surface area contributed by atoms with Crippen LogP contribution in [0.1, 0.15) is 0 Å². The monoisotopic (exact) mass is 290 g/mol. The Hall–Kier alpha value is -2.11. The van der Waals surface area contributed by atoms with Gasteiger partial charge in [-0.3, -0.25) is 0 Å². The molecule has 0 amide bonds. The maximum Gasteiger partial charge on any atom is 0.488 e. The van der Waals surface area contributed by atoms with Crippen molar-refractivity contribution in [3.05, 3.63) is 48.5 Å². The van der Waals surface area contributed by atoms with Gasteiger partial charge < -0.3 is 20.1 Å². The lowest BCUT2D eigenvalue weighted by molar-refractivity contribution is 0.419. The Balaban J connectivity index is 2.24. The molecule has 3 aromatic carbocycles. The number of hydrogen-bond donors (Lipinski definition) is 4. The average Bonchev–Trinajstić information content (AvgIpc) is 2.84. The van der Waals surface area contributed by atoms with Gasteiger partial charge in [0.25, 0.3) is 0 Å². The molecule has 0 spiro atoms. The summed E-state index contributed by atoms with van der Waals surface area (Å²) in [6.45, 7) is 0. The molecule has 22 heavy (non-hydrogen) atoms. The molecule has 0 heterocycles. The SMILES string of the molecule is OB(O)c1cc2cccc3c2c(c1B(O)O)-c1ccccc1-3. The van der Waals surface area contributed by atoms with Gasteiger partial charge in [-0.2, -0.15) is 0 Å². The smallest absolute Gasteiger partial charge is 0.423 e. The molecule has 4 nitrogen and oxygen atoms in total. The van der Waals surface area contributed by atoms with Crippen LogP contribution in [0.4, 0.5) is 0 Å². The zero-order chi connectivity index (χ0) is 15.4. The van der Waals surface area contributed by atoms with E-state index in [4.69, 9.17) is 0 Å². The summed E-state index contributed by atoms with van der Waals surface area (Å²) in [6, 6.07) is 15.1. The fourth-order valence-electron chi connectivity index (χ4n) is 3.43. The molecule has 106 valence electrons. The van der Waals surface area contributed by atoms with Gasteiger partial charge >= 0.3 is 14.2 Å². The first-order valence-electron chi connectivity index (χ1n) is 7.01. The van der Waals surface area contributed by atoms with E-state index in [0.29, 0.717) is 5.56 Å². The van der Waals surface area contributed by atoms with Crippen LogP contribution in [0.2, 0.25) is 0 Å². The lowest BCUT2D eigenvalue weighted by atomic mass is 9.62. The first kappa shape index (κ1) is 13.5. The maximum atomic E-state index is 9.81. The van der Waals surface area contributed by atoms with Crippen molar-refractivity contribution in [2.45, 2.75) is 0 Å². The number of fused-ring (bicyclic) bond motifs is 3. The highest BCUT2D eigenvalue weighted by Gasteiger charge is 2.33. The van der Waals surface area contributed by atoms with Gasteiger partial charge in [-0.25, -0.2) is 0 Å².